The lowest BCUT2D eigenvalue weighted by Crippen LogP contribution is -2.07. The van der Waals surface area contributed by atoms with Crippen LogP contribution in [0.5, 0.6) is 0 Å². The predicted molar refractivity (Wildman–Crippen MR) is 111 cm³/mol. The molecule has 8 heteroatoms. The monoisotopic (exact) mass is 461 g/mol. The number of aromatic nitrogens is 2. The van der Waals surface area contributed by atoms with E-state index in [1.54, 1.807) is 0 Å². The second kappa shape index (κ2) is 8.26. The minimum atomic E-state index is -1.06. The molecule has 0 radical (unpaired) electrons. The lowest BCUT2D eigenvalue weighted by Gasteiger charge is -2.13. The average Bonchev–Trinajstić information content (AvgIpc) is 2.97. The Balaban J connectivity index is 0.000000516. The van der Waals surface area contributed by atoms with Gasteiger partial charge in [-0.15, -0.1) is 0 Å². The average molecular weight is 463 g/mol. The number of hydrogen-bond acceptors (Lipinski definition) is 4. The van der Waals surface area contributed by atoms with E-state index >= 15 is 0 Å². The van der Waals surface area contributed by atoms with Crippen LogP contribution >= 0.6 is 27.5 Å². The van der Waals surface area contributed by atoms with Crippen molar-refractivity contribution in [3.8, 4) is 5.69 Å². The number of aliphatic hydroxyl groups is 1. The molecule has 0 spiro atoms. The van der Waals surface area contributed by atoms with Crippen molar-refractivity contribution in [2.45, 2.75) is 20.1 Å². The zero-order valence-electron chi connectivity index (χ0n) is 15.1. The van der Waals surface area contributed by atoms with Gasteiger partial charge in [0.05, 0.1) is 17.1 Å². The lowest BCUT2D eigenvalue weighted by molar-refractivity contribution is -0.134. The van der Waals surface area contributed by atoms with Crippen LogP contribution < -0.4 is 0 Å². The standard InChI is InChI=1S/C18H13BrClN3O.C2H4O2/c1-10-9-23-15-7-6-11(19)8-13(15)16(22-18(24)17(23)21-10)12-4-2-3-5-14(12)20;1-2(3)4/h2-9,18,24H,1H3;1H3,(H,3,4). The molecule has 2 aromatic carbocycles. The zero-order chi connectivity index (χ0) is 20.4. The first-order valence-corrected chi connectivity index (χ1v) is 9.51. The molecule has 6 nitrogen and oxygen atoms in total. The molecule has 1 aromatic heterocycles. The molecule has 1 aliphatic rings. The van der Waals surface area contributed by atoms with Gasteiger partial charge in [-0.3, -0.25) is 9.36 Å². The third kappa shape index (κ3) is 4.16. The van der Waals surface area contributed by atoms with Crippen molar-refractivity contribution in [1.29, 1.82) is 0 Å². The molecular weight excluding hydrogens is 446 g/mol. The number of halogens is 2. The SMILES string of the molecule is CC(=O)O.Cc1cn2c(n1)C(O)N=C(c1ccccc1Cl)c1cc(Br)ccc1-2. The van der Waals surface area contributed by atoms with Crippen LogP contribution in [0.1, 0.15) is 35.8 Å². The molecule has 0 bridgehead atoms. The number of carboxylic acid groups (broad SMARTS) is 1. The van der Waals surface area contributed by atoms with Gasteiger partial charge in [-0.2, -0.15) is 0 Å². The van der Waals surface area contributed by atoms with Crippen LogP contribution in [0.3, 0.4) is 0 Å². The number of aliphatic carboxylic acids is 1. The summed E-state index contributed by atoms with van der Waals surface area (Å²) < 4.78 is 2.81. The Hall–Kier alpha value is -2.48. The first kappa shape index (κ1) is 20.3. The fraction of sp³-hybridized carbons (Fsp3) is 0.150. The van der Waals surface area contributed by atoms with Crippen molar-refractivity contribution < 1.29 is 15.0 Å². The Labute approximate surface area is 175 Å². The molecule has 0 saturated heterocycles. The summed E-state index contributed by atoms with van der Waals surface area (Å²) in [6, 6.07) is 13.4. The van der Waals surface area contributed by atoms with E-state index in [1.807, 2.05) is 60.2 Å². The van der Waals surface area contributed by atoms with Crippen molar-refractivity contribution in [2.75, 3.05) is 0 Å². The zero-order valence-corrected chi connectivity index (χ0v) is 17.4. The fourth-order valence-electron chi connectivity index (χ4n) is 2.92. The number of fused-ring (bicyclic) bond motifs is 3. The molecule has 4 rings (SSSR count). The third-order valence-electron chi connectivity index (χ3n) is 3.94. The number of benzene rings is 2. The van der Waals surface area contributed by atoms with Crippen molar-refractivity contribution in [1.82, 2.24) is 9.55 Å². The van der Waals surface area contributed by atoms with Crippen LogP contribution in [0.2, 0.25) is 5.02 Å². The van der Waals surface area contributed by atoms with E-state index in [4.69, 9.17) is 21.5 Å². The van der Waals surface area contributed by atoms with Crippen LogP contribution in [0.4, 0.5) is 0 Å². The topological polar surface area (TPSA) is 87.7 Å². The van der Waals surface area contributed by atoms with Gasteiger partial charge in [0.1, 0.15) is 0 Å². The molecule has 1 unspecified atom stereocenters. The molecule has 1 atom stereocenters. The fourth-order valence-corrected chi connectivity index (χ4v) is 3.50. The highest BCUT2D eigenvalue weighted by atomic mass is 79.9. The number of carboxylic acids is 1. The van der Waals surface area contributed by atoms with Gasteiger partial charge in [-0.1, -0.05) is 45.7 Å². The van der Waals surface area contributed by atoms with E-state index in [9.17, 15) is 5.11 Å². The van der Waals surface area contributed by atoms with E-state index in [-0.39, 0.29) is 0 Å². The molecule has 3 aromatic rings. The van der Waals surface area contributed by atoms with E-state index < -0.39 is 12.2 Å². The second-order valence-corrected chi connectivity index (χ2v) is 7.45. The number of carbonyl (C=O) groups is 1. The van der Waals surface area contributed by atoms with E-state index in [0.717, 1.165) is 33.9 Å². The van der Waals surface area contributed by atoms with Gasteiger partial charge in [-0.25, -0.2) is 9.98 Å². The highest BCUT2D eigenvalue weighted by Gasteiger charge is 2.26. The first-order valence-electron chi connectivity index (χ1n) is 8.34. The maximum absolute atomic E-state index is 10.6. The van der Waals surface area contributed by atoms with Crippen molar-refractivity contribution in [2.24, 2.45) is 4.99 Å². The van der Waals surface area contributed by atoms with Crippen LogP contribution in [0.15, 0.2) is 58.1 Å². The molecule has 144 valence electrons. The molecule has 0 fully saturated rings. The van der Waals surface area contributed by atoms with Crippen molar-refractivity contribution >= 4 is 39.2 Å². The summed E-state index contributed by atoms with van der Waals surface area (Å²) in [4.78, 5) is 18.0. The van der Waals surface area contributed by atoms with E-state index in [0.29, 0.717) is 16.6 Å². The van der Waals surface area contributed by atoms with Crippen LogP contribution in [-0.4, -0.2) is 31.4 Å². The number of imidazole rings is 1. The van der Waals surface area contributed by atoms with Gasteiger partial charge in [-0.05, 0) is 31.2 Å². The molecule has 0 aliphatic carbocycles. The van der Waals surface area contributed by atoms with Gasteiger partial charge < -0.3 is 10.2 Å². The van der Waals surface area contributed by atoms with Crippen molar-refractivity contribution in [3.05, 3.63) is 80.8 Å². The van der Waals surface area contributed by atoms with Crippen LogP contribution in [0.25, 0.3) is 5.69 Å². The van der Waals surface area contributed by atoms with Gasteiger partial charge in [0.15, 0.2) is 5.82 Å². The number of nitrogens with zero attached hydrogens (tertiary/aromatic N) is 3. The number of aryl methyl sites for hydroxylation is 1. The summed E-state index contributed by atoms with van der Waals surface area (Å²) in [6.45, 7) is 2.98. The number of rotatable bonds is 1. The maximum atomic E-state index is 10.6. The second-order valence-electron chi connectivity index (χ2n) is 6.12. The Morgan fingerprint density at radius 1 is 1.21 bits per heavy atom. The Bertz CT molecular complexity index is 1070. The van der Waals surface area contributed by atoms with E-state index in [1.165, 1.54) is 0 Å². The quantitative estimate of drug-likeness (QED) is 0.556. The molecule has 2 heterocycles. The van der Waals surface area contributed by atoms with Gasteiger partial charge in [0.25, 0.3) is 5.97 Å². The minimum absolute atomic E-state index is 0.498. The third-order valence-corrected chi connectivity index (χ3v) is 4.76. The summed E-state index contributed by atoms with van der Waals surface area (Å²) in [5.74, 6) is -0.335. The molecule has 0 amide bonds. The summed E-state index contributed by atoms with van der Waals surface area (Å²) in [7, 11) is 0. The normalized spacial score (nSPS) is 14.8. The molecule has 28 heavy (non-hydrogen) atoms. The summed E-state index contributed by atoms with van der Waals surface area (Å²) in [6.07, 6.45) is 0.840. The predicted octanol–water partition coefficient (Wildman–Crippen LogP) is 4.53. The Kier molecular flexibility index (Phi) is 5.98. The smallest absolute Gasteiger partial charge is 0.300 e. The van der Waals surface area contributed by atoms with E-state index in [2.05, 4.69) is 25.9 Å². The molecule has 1 aliphatic heterocycles. The number of aliphatic hydroxyl groups excluding tert-OH is 1. The highest BCUT2D eigenvalue weighted by molar-refractivity contribution is 9.10. The van der Waals surface area contributed by atoms with Crippen LogP contribution in [-0.2, 0) is 4.79 Å². The largest absolute Gasteiger partial charge is 0.481 e. The lowest BCUT2D eigenvalue weighted by atomic mass is 10.0. The molecular formula is C20H17BrClN3O3. The first-order chi connectivity index (χ1) is 13.3. The minimum Gasteiger partial charge on any atom is -0.481 e. The number of aliphatic imine (C=N–C) groups is 1. The van der Waals surface area contributed by atoms with Gasteiger partial charge in [0.2, 0.25) is 6.23 Å². The Morgan fingerprint density at radius 2 is 1.89 bits per heavy atom. The summed E-state index contributed by atoms with van der Waals surface area (Å²) >= 11 is 9.90. The summed E-state index contributed by atoms with van der Waals surface area (Å²) in [5.41, 5.74) is 4.04. The number of hydrogen-bond donors (Lipinski definition) is 2. The van der Waals surface area contributed by atoms with Crippen LogP contribution in [0, 0.1) is 6.92 Å². The summed E-state index contributed by atoms with van der Waals surface area (Å²) in [5, 5.41) is 18.6. The van der Waals surface area contributed by atoms with Gasteiger partial charge >= 0.3 is 0 Å². The molecule has 0 saturated carbocycles. The van der Waals surface area contributed by atoms with Crippen molar-refractivity contribution in [3.63, 3.8) is 0 Å². The van der Waals surface area contributed by atoms with Gasteiger partial charge in [0, 0.05) is 33.7 Å². The maximum Gasteiger partial charge on any atom is 0.300 e. The highest BCUT2D eigenvalue weighted by Crippen LogP contribution is 2.32. The Morgan fingerprint density at radius 3 is 2.57 bits per heavy atom. The molecule has 2 N–H and O–H groups in total.